The molecule has 6 nitrogen and oxygen atoms in total. The third-order valence-electron chi connectivity index (χ3n) is 5.19. The number of nitrogens with zero attached hydrogens (tertiary/aromatic N) is 4. The first kappa shape index (κ1) is 16.2. The van der Waals surface area contributed by atoms with E-state index in [0.29, 0.717) is 11.7 Å². The SMILES string of the molecule is c1ccc2c(c1)ncn2Cc1ccc(-c2noc(CC3CCNC3)n2)cc1. The molecule has 2 aromatic heterocycles. The molecule has 3 heterocycles. The molecule has 1 unspecified atom stereocenters. The Hall–Kier alpha value is -2.99. The van der Waals surface area contributed by atoms with Crippen molar-refractivity contribution in [3.8, 4) is 11.4 Å². The van der Waals surface area contributed by atoms with Crippen LogP contribution in [-0.4, -0.2) is 32.8 Å². The summed E-state index contributed by atoms with van der Waals surface area (Å²) < 4.78 is 7.60. The van der Waals surface area contributed by atoms with E-state index < -0.39 is 0 Å². The third-order valence-corrected chi connectivity index (χ3v) is 5.19. The van der Waals surface area contributed by atoms with Crippen LogP contribution in [0.25, 0.3) is 22.4 Å². The lowest BCUT2D eigenvalue weighted by Gasteiger charge is -2.05. The Morgan fingerprint density at radius 1 is 1.11 bits per heavy atom. The van der Waals surface area contributed by atoms with Crippen molar-refractivity contribution in [3.05, 3.63) is 66.3 Å². The molecule has 1 atom stereocenters. The predicted octanol–water partition coefficient (Wildman–Crippen LogP) is 3.29. The van der Waals surface area contributed by atoms with Crippen LogP contribution in [-0.2, 0) is 13.0 Å². The van der Waals surface area contributed by atoms with Gasteiger partial charge in [0.2, 0.25) is 11.7 Å². The van der Waals surface area contributed by atoms with Crippen molar-refractivity contribution in [2.24, 2.45) is 5.92 Å². The normalized spacial score (nSPS) is 17.0. The number of fused-ring (bicyclic) bond motifs is 1. The molecule has 1 fully saturated rings. The molecule has 4 aromatic rings. The number of hydrogen-bond acceptors (Lipinski definition) is 5. The molecule has 0 aliphatic carbocycles. The van der Waals surface area contributed by atoms with Gasteiger partial charge in [-0.2, -0.15) is 4.98 Å². The van der Waals surface area contributed by atoms with Crippen LogP contribution >= 0.6 is 0 Å². The minimum Gasteiger partial charge on any atom is -0.339 e. The summed E-state index contributed by atoms with van der Waals surface area (Å²) >= 11 is 0. The topological polar surface area (TPSA) is 68.8 Å². The third kappa shape index (κ3) is 3.36. The summed E-state index contributed by atoms with van der Waals surface area (Å²) in [6.07, 6.45) is 3.92. The van der Waals surface area contributed by atoms with E-state index in [1.807, 2.05) is 24.5 Å². The zero-order valence-electron chi connectivity index (χ0n) is 15.0. The molecule has 0 amide bonds. The maximum Gasteiger partial charge on any atom is 0.227 e. The lowest BCUT2D eigenvalue weighted by molar-refractivity contribution is 0.358. The molecule has 1 saturated heterocycles. The summed E-state index contributed by atoms with van der Waals surface area (Å²) in [5, 5.41) is 7.52. The molecule has 6 heteroatoms. The zero-order valence-corrected chi connectivity index (χ0v) is 15.0. The van der Waals surface area contributed by atoms with Crippen LogP contribution in [0.4, 0.5) is 0 Å². The van der Waals surface area contributed by atoms with E-state index in [1.165, 1.54) is 12.0 Å². The Morgan fingerprint density at radius 3 is 2.85 bits per heavy atom. The van der Waals surface area contributed by atoms with E-state index in [2.05, 4.69) is 55.3 Å². The van der Waals surface area contributed by atoms with Crippen molar-refractivity contribution in [2.75, 3.05) is 13.1 Å². The van der Waals surface area contributed by atoms with Gasteiger partial charge in [0.1, 0.15) is 0 Å². The van der Waals surface area contributed by atoms with Crippen LogP contribution in [0.2, 0.25) is 0 Å². The van der Waals surface area contributed by atoms with Gasteiger partial charge in [-0.3, -0.25) is 0 Å². The molecule has 1 aliphatic rings. The lowest BCUT2D eigenvalue weighted by Crippen LogP contribution is -2.10. The molecular formula is C21H21N5O. The van der Waals surface area contributed by atoms with E-state index in [0.717, 1.165) is 48.5 Å². The zero-order chi connectivity index (χ0) is 18.1. The quantitative estimate of drug-likeness (QED) is 0.592. The van der Waals surface area contributed by atoms with Gasteiger partial charge < -0.3 is 14.4 Å². The first-order valence-electron chi connectivity index (χ1n) is 9.38. The van der Waals surface area contributed by atoms with E-state index in [9.17, 15) is 0 Å². The maximum atomic E-state index is 5.44. The second-order valence-electron chi connectivity index (χ2n) is 7.13. The van der Waals surface area contributed by atoms with E-state index >= 15 is 0 Å². The minimum atomic E-state index is 0.602. The van der Waals surface area contributed by atoms with E-state index in [-0.39, 0.29) is 0 Å². The number of hydrogen-bond donors (Lipinski definition) is 1. The highest BCUT2D eigenvalue weighted by Gasteiger charge is 2.18. The summed E-state index contributed by atoms with van der Waals surface area (Å²) in [4.78, 5) is 9.02. The second kappa shape index (κ2) is 6.96. The van der Waals surface area contributed by atoms with Gasteiger partial charge >= 0.3 is 0 Å². The summed E-state index contributed by atoms with van der Waals surface area (Å²) in [6, 6.07) is 16.5. The maximum absolute atomic E-state index is 5.44. The number of nitrogens with one attached hydrogen (secondary N) is 1. The van der Waals surface area contributed by atoms with Crippen LogP contribution in [0.5, 0.6) is 0 Å². The molecule has 1 aliphatic heterocycles. The van der Waals surface area contributed by atoms with Crippen molar-refractivity contribution in [1.82, 2.24) is 25.0 Å². The number of imidazole rings is 1. The Kier molecular flexibility index (Phi) is 4.18. The number of para-hydroxylation sites is 2. The Labute approximate surface area is 157 Å². The molecular weight excluding hydrogens is 338 g/mol. The molecule has 5 rings (SSSR count). The molecule has 1 N–H and O–H groups in total. The van der Waals surface area contributed by atoms with Crippen molar-refractivity contribution >= 4 is 11.0 Å². The molecule has 0 spiro atoms. The Morgan fingerprint density at radius 2 is 2.00 bits per heavy atom. The highest BCUT2D eigenvalue weighted by molar-refractivity contribution is 5.75. The summed E-state index contributed by atoms with van der Waals surface area (Å²) in [6.45, 7) is 2.90. The lowest BCUT2D eigenvalue weighted by atomic mass is 10.1. The molecule has 27 heavy (non-hydrogen) atoms. The Bertz CT molecular complexity index is 1040. The fourth-order valence-electron chi connectivity index (χ4n) is 3.68. The average Bonchev–Trinajstić information content (AvgIpc) is 3.45. The molecule has 0 radical (unpaired) electrons. The minimum absolute atomic E-state index is 0.602. The van der Waals surface area contributed by atoms with Gasteiger partial charge in [-0.25, -0.2) is 4.98 Å². The first-order chi connectivity index (χ1) is 13.3. The largest absolute Gasteiger partial charge is 0.339 e. The van der Waals surface area contributed by atoms with E-state index in [1.54, 1.807) is 0 Å². The average molecular weight is 359 g/mol. The number of aromatic nitrogens is 4. The molecule has 0 bridgehead atoms. The molecule has 2 aromatic carbocycles. The smallest absolute Gasteiger partial charge is 0.227 e. The standard InChI is InChI=1S/C21H21N5O/c1-2-4-19-18(3-1)23-14-26(19)13-15-5-7-17(8-6-15)21-24-20(27-25-21)11-16-9-10-22-12-16/h1-8,14,16,22H,9-13H2. The Balaban J connectivity index is 1.31. The van der Waals surface area contributed by atoms with Gasteiger partial charge in [-0.15, -0.1) is 0 Å². The highest BCUT2D eigenvalue weighted by Crippen LogP contribution is 2.20. The van der Waals surface area contributed by atoms with Gasteiger partial charge in [0.05, 0.1) is 17.4 Å². The van der Waals surface area contributed by atoms with Gasteiger partial charge in [-0.1, -0.05) is 41.6 Å². The summed E-state index contributed by atoms with van der Waals surface area (Å²) in [5.74, 6) is 1.99. The van der Waals surface area contributed by atoms with Crippen molar-refractivity contribution in [3.63, 3.8) is 0 Å². The second-order valence-corrected chi connectivity index (χ2v) is 7.13. The first-order valence-corrected chi connectivity index (χ1v) is 9.38. The van der Waals surface area contributed by atoms with Crippen molar-refractivity contribution < 1.29 is 4.52 Å². The van der Waals surface area contributed by atoms with Crippen molar-refractivity contribution in [2.45, 2.75) is 19.4 Å². The fraction of sp³-hybridized carbons (Fsp3) is 0.286. The van der Waals surface area contributed by atoms with Crippen LogP contribution in [0, 0.1) is 5.92 Å². The van der Waals surface area contributed by atoms with Crippen LogP contribution < -0.4 is 5.32 Å². The van der Waals surface area contributed by atoms with Crippen LogP contribution in [0.1, 0.15) is 17.9 Å². The predicted molar refractivity (Wildman–Crippen MR) is 103 cm³/mol. The van der Waals surface area contributed by atoms with Gasteiger partial charge in [0.25, 0.3) is 0 Å². The van der Waals surface area contributed by atoms with Gasteiger partial charge in [0.15, 0.2) is 0 Å². The molecule has 0 saturated carbocycles. The van der Waals surface area contributed by atoms with Gasteiger partial charge in [0, 0.05) is 18.5 Å². The monoisotopic (exact) mass is 359 g/mol. The van der Waals surface area contributed by atoms with Gasteiger partial charge in [-0.05, 0) is 43.1 Å². The number of benzene rings is 2. The highest BCUT2D eigenvalue weighted by atomic mass is 16.5. The van der Waals surface area contributed by atoms with Crippen LogP contribution in [0.15, 0.2) is 59.4 Å². The van der Waals surface area contributed by atoms with E-state index in [4.69, 9.17) is 4.52 Å². The van der Waals surface area contributed by atoms with Crippen LogP contribution in [0.3, 0.4) is 0 Å². The fourth-order valence-corrected chi connectivity index (χ4v) is 3.68. The van der Waals surface area contributed by atoms with Crippen molar-refractivity contribution in [1.29, 1.82) is 0 Å². The summed E-state index contributed by atoms with van der Waals surface area (Å²) in [5.41, 5.74) is 4.35. The molecule has 136 valence electrons. The summed E-state index contributed by atoms with van der Waals surface area (Å²) in [7, 11) is 0. The number of rotatable bonds is 5.